The molecule has 0 radical (unpaired) electrons. The van der Waals surface area contributed by atoms with Crippen molar-refractivity contribution in [3.05, 3.63) is 63.9 Å². The van der Waals surface area contributed by atoms with E-state index in [0.29, 0.717) is 17.2 Å². The zero-order valence-electron chi connectivity index (χ0n) is 14.8. The van der Waals surface area contributed by atoms with Crippen molar-refractivity contribution in [1.82, 2.24) is 4.90 Å². The van der Waals surface area contributed by atoms with E-state index >= 15 is 0 Å². The van der Waals surface area contributed by atoms with Gasteiger partial charge in [0.1, 0.15) is 11.6 Å². The lowest BCUT2D eigenvalue weighted by Gasteiger charge is -2.29. The molecule has 1 amide bonds. The Morgan fingerprint density at radius 2 is 1.89 bits per heavy atom. The zero-order chi connectivity index (χ0) is 20.3. The van der Waals surface area contributed by atoms with Crippen molar-refractivity contribution in [3.8, 4) is 5.75 Å². The van der Waals surface area contributed by atoms with Crippen LogP contribution < -0.4 is 4.74 Å². The van der Waals surface area contributed by atoms with Crippen LogP contribution in [0.5, 0.6) is 5.75 Å². The lowest BCUT2D eigenvalue weighted by molar-refractivity contribution is -0.136. The summed E-state index contributed by atoms with van der Waals surface area (Å²) in [6.07, 6.45) is 0.293. The molecule has 5 nitrogen and oxygen atoms in total. The molecule has 1 fully saturated rings. The van der Waals surface area contributed by atoms with E-state index in [1.807, 2.05) is 0 Å². The molecule has 0 bridgehead atoms. The normalized spacial score (nSPS) is 18.0. The molecular formula is C19H18Cl2FNO4S. The van der Waals surface area contributed by atoms with Crippen molar-refractivity contribution in [1.29, 1.82) is 0 Å². The molecule has 1 saturated heterocycles. The molecule has 28 heavy (non-hydrogen) atoms. The van der Waals surface area contributed by atoms with Gasteiger partial charge in [-0.15, -0.1) is 0 Å². The predicted octanol–water partition coefficient (Wildman–Crippen LogP) is 3.73. The van der Waals surface area contributed by atoms with Crippen molar-refractivity contribution < 1.29 is 22.3 Å². The van der Waals surface area contributed by atoms with E-state index < -0.39 is 27.6 Å². The first-order valence-corrected chi connectivity index (χ1v) is 11.1. The number of carbonyl (C=O) groups is 1. The van der Waals surface area contributed by atoms with Crippen molar-refractivity contribution in [3.63, 3.8) is 0 Å². The van der Waals surface area contributed by atoms with Crippen molar-refractivity contribution in [2.45, 2.75) is 19.0 Å². The minimum Gasteiger partial charge on any atom is -0.484 e. The number of rotatable bonds is 6. The molecule has 1 unspecified atom stereocenters. The summed E-state index contributed by atoms with van der Waals surface area (Å²) in [6, 6.07) is 10.2. The minimum absolute atomic E-state index is 0.00943. The van der Waals surface area contributed by atoms with Gasteiger partial charge >= 0.3 is 0 Å². The van der Waals surface area contributed by atoms with Crippen LogP contribution >= 0.6 is 23.2 Å². The van der Waals surface area contributed by atoms with Gasteiger partial charge in [-0.2, -0.15) is 0 Å². The van der Waals surface area contributed by atoms with Crippen LogP contribution in [0, 0.1) is 5.82 Å². The van der Waals surface area contributed by atoms with Crippen molar-refractivity contribution in [2.75, 3.05) is 18.1 Å². The molecule has 3 rings (SSSR count). The van der Waals surface area contributed by atoms with Crippen LogP contribution in [0.25, 0.3) is 0 Å². The molecule has 150 valence electrons. The largest absolute Gasteiger partial charge is 0.484 e. The number of amides is 1. The van der Waals surface area contributed by atoms with Gasteiger partial charge in [0.25, 0.3) is 5.91 Å². The minimum atomic E-state index is -3.23. The highest BCUT2D eigenvalue weighted by Crippen LogP contribution is 2.25. The van der Waals surface area contributed by atoms with E-state index in [1.54, 1.807) is 24.3 Å². The summed E-state index contributed by atoms with van der Waals surface area (Å²) in [5, 5.41) is 0.711. The second kappa shape index (κ2) is 8.68. The van der Waals surface area contributed by atoms with Gasteiger partial charge in [0.15, 0.2) is 16.4 Å². The van der Waals surface area contributed by atoms with Gasteiger partial charge in [-0.25, -0.2) is 12.8 Å². The first-order chi connectivity index (χ1) is 13.2. The number of hydrogen-bond acceptors (Lipinski definition) is 4. The summed E-state index contributed by atoms with van der Waals surface area (Å²) >= 11 is 11.9. The fourth-order valence-electron chi connectivity index (χ4n) is 3.05. The maximum Gasteiger partial charge on any atom is 0.261 e. The van der Waals surface area contributed by atoms with Gasteiger partial charge in [-0.3, -0.25) is 4.79 Å². The van der Waals surface area contributed by atoms with Crippen molar-refractivity contribution >= 4 is 38.9 Å². The van der Waals surface area contributed by atoms with Gasteiger partial charge in [0.2, 0.25) is 0 Å². The summed E-state index contributed by atoms with van der Waals surface area (Å²) < 4.78 is 43.5. The smallest absolute Gasteiger partial charge is 0.261 e. The van der Waals surface area contributed by atoms with Crippen LogP contribution in [0.2, 0.25) is 10.0 Å². The van der Waals surface area contributed by atoms with Gasteiger partial charge in [0.05, 0.1) is 18.1 Å². The Morgan fingerprint density at radius 1 is 1.18 bits per heavy atom. The molecule has 1 heterocycles. The molecule has 1 aliphatic heterocycles. The molecule has 9 heteroatoms. The maximum atomic E-state index is 14.2. The molecule has 0 spiro atoms. The number of ether oxygens (including phenoxy) is 1. The maximum absolute atomic E-state index is 14.2. The number of nitrogens with zero attached hydrogens (tertiary/aromatic N) is 1. The summed E-state index contributed by atoms with van der Waals surface area (Å²) in [4.78, 5) is 14.2. The number of carbonyl (C=O) groups excluding carboxylic acids is 1. The quantitative estimate of drug-likeness (QED) is 0.679. The second-order valence-electron chi connectivity index (χ2n) is 6.52. The molecule has 0 aromatic heterocycles. The van der Waals surface area contributed by atoms with E-state index in [-0.39, 0.29) is 35.2 Å². The van der Waals surface area contributed by atoms with Crippen LogP contribution in [-0.2, 0) is 21.2 Å². The van der Waals surface area contributed by atoms with E-state index in [1.165, 1.54) is 23.1 Å². The first kappa shape index (κ1) is 20.9. The molecule has 2 aromatic carbocycles. The first-order valence-electron chi connectivity index (χ1n) is 8.56. The Morgan fingerprint density at radius 3 is 2.50 bits per heavy atom. The number of benzene rings is 2. The molecular weight excluding hydrogens is 428 g/mol. The number of halogens is 3. The van der Waals surface area contributed by atoms with Gasteiger partial charge in [-0.1, -0.05) is 29.3 Å². The highest BCUT2D eigenvalue weighted by Gasteiger charge is 2.35. The molecule has 2 aromatic rings. The molecule has 0 saturated carbocycles. The zero-order valence-corrected chi connectivity index (χ0v) is 17.1. The van der Waals surface area contributed by atoms with Crippen LogP contribution in [0.3, 0.4) is 0 Å². The summed E-state index contributed by atoms with van der Waals surface area (Å²) in [5.41, 5.74) is 0.147. The second-order valence-corrected chi connectivity index (χ2v) is 9.59. The van der Waals surface area contributed by atoms with Crippen LogP contribution in [-0.4, -0.2) is 43.4 Å². The predicted molar refractivity (Wildman–Crippen MR) is 106 cm³/mol. The third-order valence-electron chi connectivity index (χ3n) is 4.54. The molecule has 0 aliphatic carbocycles. The fourth-order valence-corrected chi connectivity index (χ4v) is 5.13. The lowest BCUT2D eigenvalue weighted by atomic mass is 10.1. The number of hydrogen-bond donors (Lipinski definition) is 0. The topological polar surface area (TPSA) is 63.7 Å². The van der Waals surface area contributed by atoms with Crippen LogP contribution in [0.15, 0.2) is 42.5 Å². The highest BCUT2D eigenvalue weighted by molar-refractivity contribution is 7.91. The molecule has 0 N–H and O–H groups in total. The monoisotopic (exact) mass is 445 g/mol. The Bertz CT molecular complexity index is 946. The molecule has 1 aliphatic rings. The standard InChI is InChI=1S/C19H18Cl2FNO4S/c20-13-4-6-15(7-5-13)27-11-19(24)23(14-8-9-28(25,26)12-14)10-16-17(21)2-1-3-18(16)22/h1-7,14H,8-12H2. The third kappa shape index (κ3) is 5.16. The highest BCUT2D eigenvalue weighted by atomic mass is 35.5. The van der Waals surface area contributed by atoms with E-state index in [4.69, 9.17) is 27.9 Å². The Kier molecular flexibility index (Phi) is 6.47. The van der Waals surface area contributed by atoms with E-state index in [0.717, 1.165) is 0 Å². The Labute approximate surface area is 172 Å². The van der Waals surface area contributed by atoms with Crippen LogP contribution in [0.4, 0.5) is 4.39 Å². The van der Waals surface area contributed by atoms with E-state index in [9.17, 15) is 17.6 Å². The van der Waals surface area contributed by atoms with Gasteiger partial charge in [0, 0.05) is 21.7 Å². The lowest BCUT2D eigenvalue weighted by Crippen LogP contribution is -2.43. The summed E-state index contributed by atoms with van der Waals surface area (Å²) in [5.74, 6) is -0.724. The van der Waals surface area contributed by atoms with Gasteiger partial charge < -0.3 is 9.64 Å². The van der Waals surface area contributed by atoms with E-state index in [2.05, 4.69) is 0 Å². The Balaban J connectivity index is 1.79. The summed E-state index contributed by atoms with van der Waals surface area (Å²) in [6.45, 7) is -0.446. The fraction of sp³-hybridized carbons (Fsp3) is 0.316. The average molecular weight is 446 g/mol. The van der Waals surface area contributed by atoms with Crippen molar-refractivity contribution in [2.24, 2.45) is 0 Å². The third-order valence-corrected chi connectivity index (χ3v) is 6.89. The van der Waals surface area contributed by atoms with Crippen LogP contribution in [0.1, 0.15) is 12.0 Å². The van der Waals surface area contributed by atoms with Gasteiger partial charge in [-0.05, 0) is 42.8 Å². The summed E-state index contributed by atoms with van der Waals surface area (Å²) in [7, 11) is -3.23. The average Bonchev–Trinajstić information content (AvgIpc) is 3.00. The Hall–Kier alpha value is -1.83. The SMILES string of the molecule is O=C(COc1ccc(Cl)cc1)N(Cc1c(F)cccc1Cl)C1CCS(=O)(=O)C1. The molecule has 1 atom stereocenters. The number of sulfone groups is 1.